The molecule has 0 aromatic heterocycles. The molecule has 110 valence electrons. The maximum Gasteiger partial charge on any atom is 0.0372 e. The fourth-order valence-corrected chi connectivity index (χ4v) is 3.81. The summed E-state index contributed by atoms with van der Waals surface area (Å²) in [4.78, 5) is 2.69. The van der Waals surface area contributed by atoms with Crippen LogP contribution in [0.25, 0.3) is 0 Å². The number of aryl methyl sites for hydroxylation is 1. The van der Waals surface area contributed by atoms with E-state index in [2.05, 4.69) is 35.3 Å². The lowest BCUT2D eigenvalue weighted by Gasteiger charge is -2.33. The van der Waals surface area contributed by atoms with Crippen LogP contribution < -0.4 is 5.32 Å². The van der Waals surface area contributed by atoms with E-state index in [1.807, 2.05) is 0 Å². The second-order valence-corrected chi connectivity index (χ2v) is 6.38. The molecule has 1 aromatic carbocycles. The zero-order chi connectivity index (χ0) is 13.8. The van der Waals surface area contributed by atoms with Crippen molar-refractivity contribution >= 4 is 5.69 Å². The van der Waals surface area contributed by atoms with Crippen LogP contribution in [-0.4, -0.2) is 24.0 Å². The fraction of sp³-hybridized carbons (Fsp3) is 0.667. The highest BCUT2D eigenvalue weighted by molar-refractivity contribution is 5.54. The molecule has 1 heterocycles. The van der Waals surface area contributed by atoms with E-state index in [0.717, 1.165) is 19.1 Å². The highest BCUT2D eigenvalue weighted by atomic mass is 15.1. The van der Waals surface area contributed by atoms with Crippen molar-refractivity contribution in [1.29, 1.82) is 0 Å². The van der Waals surface area contributed by atoms with Crippen molar-refractivity contribution in [1.82, 2.24) is 4.90 Å². The monoisotopic (exact) mass is 272 g/mol. The van der Waals surface area contributed by atoms with Gasteiger partial charge in [0.05, 0.1) is 0 Å². The van der Waals surface area contributed by atoms with Crippen molar-refractivity contribution in [2.75, 3.05) is 18.4 Å². The van der Waals surface area contributed by atoms with Gasteiger partial charge in [0.2, 0.25) is 0 Å². The van der Waals surface area contributed by atoms with E-state index in [-0.39, 0.29) is 0 Å². The van der Waals surface area contributed by atoms with Gasteiger partial charge >= 0.3 is 0 Å². The predicted octanol–water partition coefficient (Wildman–Crippen LogP) is 4.20. The Hall–Kier alpha value is -1.02. The molecular formula is C18H28N2. The minimum absolute atomic E-state index is 0.822. The third-order valence-electron chi connectivity index (χ3n) is 4.99. The number of nitrogens with zero attached hydrogens (tertiary/aromatic N) is 1. The summed E-state index contributed by atoms with van der Waals surface area (Å²) >= 11 is 0. The summed E-state index contributed by atoms with van der Waals surface area (Å²) in [5.74, 6) is 0. The number of hydrogen-bond acceptors (Lipinski definition) is 2. The normalized spacial score (nSPS) is 19.7. The first kappa shape index (κ1) is 13.9. The zero-order valence-corrected chi connectivity index (χ0v) is 12.8. The van der Waals surface area contributed by atoms with E-state index in [1.54, 1.807) is 0 Å². The van der Waals surface area contributed by atoms with Gasteiger partial charge in [-0.15, -0.1) is 0 Å². The molecular weight excluding hydrogens is 244 g/mol. The average molecular weight is 272 g/mol. The molecule has 0 amide bonds. The maximum atomic E-state index is 3.51. The minimum Gasteiger partial charge on any atom is -0.385 e. The third kappa shape index (κ3) is 3.17. The molecule has 1 aromatic rings. The maximum absolute atomic E-state index is 3.51. The van der Waals surface area contributed by atoms with Crippen LogP contribution in [-0.2, 0) is 13.0 Å². The average Bonchev–Trinajstić information content (AvgIpc) is 2.53. The van der Waals surface area contributed by atoms with Crippen LogP contribution >= 0.6 is 0 Å². The summed E-state index contributed by atoms with van der Waals surface area (Å²) in [5, 5.41) is 3.51. The minimum atomic E-state index is 0.822. The Balaban J connectivity index is 1.68. The van der Waals surface area contributed by atoms with E-state index in [0.29, 0.717) is 0 Å². The molecule has 20 heavy (non-hydrogen) atoms. The Morgan fingerprint density at radius 3 is 2.80 bits per heavy atom. The van der Waals surface area contributed by atoms with E-state index >= 15 is 0 Å². The Kier molecular flexibility index (Phi) is 4.62. The molecule has 2 heteroatoms. The van der Waals surface area contributed by atoms with Gasteiger partial charge in [-0.2, -0.15) is 0 Å². The van der Waals surface area contributed by atoms with Crippen molar-refractivity contribution in [3.63, 3.8) is 0 Å². The second-order valence-electron chi connectivity index (χ2n) is 6.38. The molecule has 3 rings (SSSR count). The molecule has 1 fully saturated rings. The van der Waals surface area contributed by atoms with Crippen LogP contribution in [0, 0.1) is 0 Å². The molecule has 0 radical (unpaired) electrons. The van der Waals surface area contributed by atoms with E-state index in [9.17, 15) is 0 Å². The summed E-state index contributed by atoms with van der Waals surface area (Å²) in [5.41, 5.74) is 4.38. The number of fused-ring (bicyclic) bond motifs is 1. The number of benzene rings is 1. The first-order valence-corrected chi connectivity index (χ1v) is 8.46. The number of anilines is 1. The van der Waals surface area contributed by atoms with Crippen molar-refractivity contribution in [3.05, 3.63) is 29.3 Å². The quantitative estimate of drug-likeness (QED) is 0.883. The summed E-state index contributed by atoms with van der Waals surface area (Å²) in [6.45, 7) is 5.76. The largest absolute Gasteiger partial charge is 0.385 e. The van der Waals surface area contributed by atoms with Crippen LogP contribution in [0.3, 0.4) is 0 Å². The van der Waals surface area contributed by atoms with Crippen molar-refractivity contribution < 1.29 is 0 Å². The van der Waals surface area contributed by atoms with Crippen molar-refractivity contribution in [2.24, 2.45) is 0 Å². The lowest BCUT2D eigenvalue weighted by Crippen LogP contribution is -2.36. The van der Waals surface area contributed by atoms with E-state index in [1.165, 1.54) is 68.3 Å². The molecule has 0 bridgehead atoms. The highest BCUT2D eigenvalue weighted by Gasteiger charge is 2.20. The SMILES string of the molecule is CCN(Cc1ccc2c(c1)CCCN2)C1CCCCC1. The Morgan fingerprint density at radius 2 is 2.00 bits per heavy atom. The van der Waals surface area contributed by atoms with Crippen LogP contribution in [0.1, 0.15) is 56.6 Å². The summed E-state index contributed by atoms with van der Waals surface area (Å²) in [6.07, 6.45) is 9.62. The van der Waals surface area contributed by atoms with Gasteiger partial charge in [-0.25, -0.2) is 0 Å². The summed E-state index contributed by atoms with van der Waals surface area (Å²) < 4.78 is 0. The van der Waals surface area contributed by atoms with Crippen molar-refractivity contribution in [3.8, 4) is 0 Å². The van der Waals surface area contributed by atoms with Gasteiger partial charge in [0.15, 0.2) is 0 Å². The first-order valence-electron chi connectivity index (χ1n) is 8.46. The van der Waals surface area contributed by atoms with Gasteiger partial charge in [0.25, 0.3) is 0 Å². The lowest BCUT2D eigenvalue weighted by atomic mass is 9.93. The van der Waals surface area contributed by atoms with Gasteiger partial charge in [-0.1, -0.05) is 38.3 Å². The Bertz CT molecular complexity index is 435. The lowest BCUT2D eigenvalue weighted by molar-refractivity contribution is 0.156. The predicted molar refractivity (Wildman–Crippen MR) is 86.2 cm³/mol. The smallest absolute Gasteiger partial charge is 0.0372 e. The molecule has 0 unspecified atom stereocenters. The van der Waals surface area contributed by atoms with E-state index < -0.39 is 0 Å². The molecule has 1 saturated carbocycles. The molecule has 2 aliphatic rings. The van der Waals surface area contributed by atoms with Gasteiger partial charge in [0.1, 0.15) is 0 Å². The van der Waals surface area contributed by atoms with Crippen LogP contribution in [0.5, 0.6) is 0 Å². The molecule has 1 aliphatic carbocycles. The molecule has 1 aliphatic heterocycles. The zero-order valence-electron chi connectivity index (χ0n) is 12.8. The topological polar surface area (TPSA) is 15.3 Å². The molecule has 2 nitrogen and oxygen atoms in total. The molecule has 0 spiro atoms. The molecule has 0 atom stereocenters. The highest BCUT2D eigenvalue weighted by Crippen LogP contribution is 2.26. The number of rotatable bonds is 4. The number of nitrogens with one attached hydrogen (secondary N) is 1. The summed E-state index contributed by atoms with van der Waals surface area (Å²) in [7, 11) is 0. The fourth-order valence-electron chi connectivity index (χ4n) is 3.81. The molecule has 1 N–H and O–H groups in total. The Labute approximate surface area is 123 Å². The third-order valence-corrected chi connectivity index (χ3v) is 4.99. The Morgan fingerprint density at radius 1 is 1.15 bits per heavy atom. The standard InChI is InChI=1S/C18H28N2/c1-2-20(17-8-4-3-5-9-17)14-15-10-11-18-16(13-15)7-6-12-19-18/h10-11,13,17,19H,2-9,12,14H2,1H3. The number of hydrogen-bond donors (Lipinski definition) is 1. The van der Waals surface area contributed by atoms with Gasteiger partial charge in [0, 0.05) is 24.8 Å². The summed E-state index contributed by atoms with van der Waals surface area (Å²) in [6, 6.07) is 7.87. The molecule has 0 saturated heterocycles. The second kappa shape index (κ2) is 6.62. The van der Waals surface area contributed by atoms with Gasteiger partial charge in [-0.05, 0) is 49.4 Å². The first-order chi connectivity index (χ1) is 9.86. The van der Waals surface area contributed by atoms with Gasteiger partial charge < -0.3 is 5.32 Å². The van der Waals surface area contributed by atoms with Crippen LogP contribution in [0.15, 0.2) is 18.2 Å². The van der Waals surface area contributed by atoms with E-state index in [4.69, 9.17) is 0 Å². The van der Waals surface area contributed by atoms with Crippen LogP contribution in [0.2, 0.25) is 0 Å². The van der Waals surface area contributed by atoms with Crippen molar-refractivity contribution in [2.45, 2.75) is 64.5 Å². The van der Waals surface area contributed by atoms with Crippen LogP contribution in [0.4, 0.5) is 5.69 Å². The van der Waals surface area contributed by atoms with Gasteiger partial charge in [-0.3, -0.25) is 4.90 Å².